The van der Waals surface area contributed by atoms with E-state index in [1.165, 1.54) is 43.4 Å². The molecule has 0 aliphatic heterocycles. The monoisotopic (exact) mass is 561 g/mol. The lowest BCUT2D eigenvalue weighted by Gasteiger charge is -2.21. The number of rotatable bonds is 4. The summed E-state index contributed by atoms with van der Waals surface area (Å²) in [6, 6.07) is 56.1. The average molecular weight is 562 g/mol. The van der Waals surface area contributed by atoms with Crippen molar-refractivity contribution >= 4 is 65.6 Å². The van der Waals surface area contributed by atoms with Crippen LogP contribution in [0.5, 0.6) is 0 Å². The molecule has 2 heteroatoms. The van der Waals surface area contributed by atoms with E-state index in [9.17, 15) is 0 Å². The molecular weight excluding hydrogens is 534 g/mol. The minimum atomic E-state index is 0.870. The lowest BCUT2D eigenvalue weighted by molar-refractivity contribution is 0.669. The van der Waals surface area contributed by atoms with Crippen LogP contribution in [0.1, 0.15) is 0 Å². The van der Waals surface area contributed by atoms with Crippen LogP contribution in [0.15, 0.2) is 162 Å². The Morgan fingerprint density at radius 1 is 0.386 bits per heavy atom. The van der Waals surface area contributed by atoms with Crippen molar-refractivity contribution in [3.63, 3.8) is 0 Å². The van der Waals surface area contributed by atoms with Crippen molar-refractivity contribution < 1.29 is 4.42 Å². The molecule has 0 amide bonds. The highest BCUT2D eigenvalue weighted by Gasteiger charge is 2.20. The van der Waals surface area contributed by atoms with Gasteiger partial charge in [0, 0.05) is 21.7 Å². The number of furan rings is 1. The van der Waals surface area contributed by atoms with Crippen molar-refractivity contribution in [2.75, 3.05) is 5.32 Å². The van der Waals surface area contributed by atoms with E-state index >= 15 is 0 Å². The van der Waals surface area contributed by atoms with Crippen molar-refractivity contribution in [3.8, 4) is 22.3 Å². The highest BCUT2D eigenvalue weighted by atomic mass is 16.3. The van der Waals surface area contributed by atoms with E-state index in [2.05, 4.69) is 151 Å². The number of hydrogen-bond donors (Lipinski definition) is 1. The maximum atomic E-state index is 6.37. The molecule has 1 aromatic heterocycles. The van der Waals surface area contributed by atoms with Gasteiger partial charge in [-0.2, -0.15) is 0 Å². The number of anilines is 2. The van der Waals surface area contributed by atoms with Crippen LogP contribution >= 0.6 is 0 Å². The Morgan fingerprint density at radius 2 is 1.00 bits per heavy atom. The Kier molecular flexibility index (Phi) is 5.54. The van der Waals surface area contributed by atoms with Gasteiger partial charge < -0.3 is 9.73 Å². The van der Waals surface area contributed by atoms with Crippen LogP contribution in [0.25, 0.3) is 76.5 Å². The van der Waals surface area contributed by atoms with E-state index in [0.29, 0.717) is 0 Å². The third kappa shape index (κ3) is 3.82. The summed E-state index contributed by atoms with van der Waals surface area (Å²) in [4.78, 5) is 0. The van der Waals surface area contributed by atoms with E-state index in [0.717, 1.165) is 44.4 Å². The molecule has 206 valence electrons. The number of nitrogens with one attached hydrogen (secondary N) is 1. The second kappa shape index (κ2) is 9.86. The van der Waals surface area contributed by atoms with Crippen LogP contribution in [-0.2, 0) is 0 Å². The molecule has 0 radical (unpaired) electrons. The van der Waals surface area contributed by atoms with Gasteiger partial charge in [0.1, 0.15) is 11.2 Å². The minimum absolute atomic E-state index is 0.870. The Labute approximate surface area is 254 Å². The normalized spacial score (nSPS) is 11.6. The molecule has 0 spiro atoms. The molecule has 0 saturated heterocycles. The van der Waals surface area contributed by atoms with Crippen molar-refractivity contribution in [2.24, 2.45) is 0 Å². The molecule has 0 aliphatic carbocycles. The zero-order chi connectivity index (χ0) is 29.0. The fourth-order valence-corrected chi connectivity index (χ4v) is 6.85. The SMILES string of the molecule is c1ccc(-c2ccc3oc4ccccc4c3c2Nc2c3ccccc3c(-c3ccc4ccccc4c3)c3ccccc23)cc1. The van der Waals surface area contributed by atoms with E-state index in [1.807, 2.05) is 12.1 Å². The van der Waals surface area contributed by atoms with Crippen LogP contribution in [0.3, 0.4) is 0 Å². The lowest BCUT2D eigenvalue weighted by Crippen LogP contribution is -1.98. The highest BCUT2D eigenvalue weighted by molar-refractivity contribution is 6.23. The first-order valence-electron chi connectivity index (χ1n) is 15.0. The number of para-hydroxylation sites is 1. The third-order valence-electron chi connectivity index (χ3n) is 8.85. The van der Waals surface area contributed by atoms with Gasteiger partial charge in [-0.05, 0) is 62.5 Å². The maximum Gasteiger partial charge on any atom is 0.137 e. The molecule has 0 atom stereocenters. The molecular formula is C42H27NO. The molecule has 44 heavy (non-hydrogen) atoms. The zero-order valence-corrected chi connectivity index (χ0v) is 23.9. The van der Waals surface area contributed by atoms with Gasteiger partial charge >= 0.3 is 0 Å². The molecule has 9 rings (SSSR count). The first-order chi connectivity index (χ1) is 21.8. The van der Waals surface area contributed by atoms with E-state index in [4.69, 9.17) is 4.42 Å². The van der Waals surface area contributed by atoms with E-state index < -0.39 is 0 Å². The molecule has 1 N–H and O–H groups in total. The third-order valence-corrected chi connectivity index (χ3v) is 8.85. The van der Waals surface area contributed by atoms with Gasteiger partial charge in [-0.25, -0.2) is 0 Å². The summed E-state index contributed by atoms with van der Waals surface area (Å²) in [6.45, 7) is 0. The lowest BCUT2D eigenvalue weighted by atomic mass is 9.89. The molecule has 0 unspecified atom stereocenters. The predicted octanol–water partition coefficient (Wildman–Crippen LogP) is 12.1. The zero-order valence-electron chi connectivity index (χ0n) is 23.9. The summed E-state index contributed by atoms with van der Waals surface area (Å²) >= 11 is 0. The molecule has 9 aromatic rings. The van der Waals surface area contributed by atoms with Crippen LogP contribution in [0.2, 0.25) is 0 Å². The molecule has 8 aromatic carbocycles. The summed E-state index contributed by atoms with van der Waals surface area (Å²) in [5.74, 6) is 0. The summed E-state index contributed by atoms with van der Waals surface area (Å²) in [5.41, 5.74) is 8.66. The predicted molar refractivity (Wildman–Crippen MR) is 187 cm³/mol. The molecule has 1 heterocycles. The quantitative estimate of drug-likeness (QED) is 0.216. The average Bonchev–Trinajstić information content (AvgIpc) is 3.47. The van der Waals surface area contributed by atoms with E-state index in [1.54, 1.807) is 0 Å². The molecule has 0 bridgehead atoms. The van der Waals surface area contributed by atoms with Crippen molar-refractivity contribution in [2.45, 2.75) is 0 Å². The first kappa shape index (κ1) is 24.7. The van der Waals surface area contributed by atoms with Gasteiger partial charge in [0.25, 0.3) is 0 Å². The van der Waals surface area contributed by atoms with Crippen LogP contribution in [-0.4, -0.2) is 0 Å². The van der Waals surface area contributed by atoms with Gasteiger partial charge in [0.2, 0.25) is 0 Å². The number of benzene rings is 8. The maximum absolute atomic E-state index is 6.37. The number of hydrogen-bond acceptors (Lipinski definition) is 2. The van der Waals surface area contributed by atoms with Gasteiger partial charge in [0.15, 0.2) is 0 Å². The van der Waals surface area contributed by atoms with Gasteiger partial charge in [0.05, 0.1) is 16.8 Å². The summed E-state index contributed by atoms with van der Waals surface area (Å²) in [5, 5.41) is 13.5. The summed E-state index contributed by atoms with van der Waals surface area (Å²) in [6.07, 6.45) is 0. The Hall–Kier alpha value is -5.86. The van der Waals surface area contributed by atoms with Crippen LogP contribution in [0, 0.1) is 0 Å². The van der Waals surface area contributed by atoms with Crippen molar-refractivity contribution in [1.82, 2.24) is 0 Å². The fourth-order valence-electron chi connectivity index (χ4n) is 6.85. The molecule has 0 fully saturated rings. The Bertz CT molecular complexity index is 2470. The molecule has 0 aliphatic rings. The highest BCUT2D eigenvalue weighted by Crippen LogP contribution is 2.47. The van der Waals surface area contributed by atoms with E-state index in [-0.39, 0.29) is 0 Å². The van der Waals surface area contributed by atoms with Gasteiger partial charge in [-0.15, -0.1) is 0 Å². The second-order valence-corrected chi connectivity index (χ2v) is 11.4. The topological polar surface area (TPSA) is 25.2 Å². The standard InChI is InChI=1S/C42H27NO/c1-2-13-28(14-3-1)31-24-25-38-40(36-20-10-11-21-37(36)44-38)42(31)43-41-34-18-8-6-16-32(34)39(33-17-7-9-19-35(33)41)30-23-22-27-12-4-5-15-29(27)26-30/h1-26,43H. The smallest absolute Gasteiger partial charge is 0.137 e. The van der Waals surface area contributed by atoms with Crippen molar-refractivity contribution in [1.29, 1.82) is 0 Å². The van der Waals surface area contributed by atoms with Gasteiger partial charge in [-0.1, -0.05) is 133 Å². The number of fused-ring (bicyclic) bond motifs is 6. The Morgan fingerprint density at radius 3 is 1.75 bits per heavy atom. The van der Waals surface area contributed by atoms with Crippen molar-refractivity contribution in [3.05, 3.63) is 158 Å². The summed E-state index contributed by atoms with van der Waals surface area (Å²) in [7, 11) is 0. The molecule has 0 saturated carbocycles. The first-order valence-corrected chi connectivity index (χ1v) is 15.0. The van der Waals surface area contributed by atoms with Gasteiger partial charge in [-0.3, -0.25) is 0 Å². The summed E-state index contributed by atoms with van der Waals surface area (Å²) < 4.78 is 6.37. The largest absolute Gasteiger partial charge is 0.456 e. The molecule has 2 nitrogen and oxygen atoms in total. The second-order valence-electron chi connectivity index (χ2n) is 11.4. The van der Waals surface area contributed by atoms with Crippen LogP contribution < -0.4 is 5.32 Å². The fraction of sp³-hybridized carbons (Fsp3) is 0. The van der Waals surface area contributed by atoms with Crippen LogP contribution in [0.4, 0.5) is 11.4 Å². The Balaban J connectivity index is 1.36. The minimum Gasteiger partial charge on any atom is -0.456 e.